The minimum Gasteiger partial charge on any atom is -0.350 e. The van der Waals surface area contributed by atoms with Gasteiger partial charge in [0.1, 0.15) is 0 Å². The summed E-state index contributed by atoms with van der Waals surface area (Å²) in [6, 6.07) is 20.5. The number of carbonyl (C=O) groups is 1. The SMILES string of the molecule is O=C(CSc1nc(-c2ccccc2)cn1-c1ccccc1)NC12CC3CC(CC(C3)C1)C2. The van der Waals surface area contributed by atoms with Crippen LogP contribution in [0.5, 0.6) is 0 Å². The first kappa shape index (κ1) is 20.1. The molecule has 3 aromatic rings. The van der Waals surface area contributed by atoms with Crippen molar-refractivity contribution in [2.45, 2.75) is 49.2 Å². The van der Waals surface area contributed by atoms with Crippen molar-refractivity contribution < 1.29 is 4.79 Å². The van der Waals surface area contributed by atoms with Crippen LogP contribution in [0.25, 0.3) is 16.9 Å². The predicted molar refractivity (Wildman–Crippen MR) is 129 cm³/mol. The van der Waals surface area contributed by atoms with Crippen LogP contribution in [0.15, 0.2) is 72.0 Å². The molecule has 4 aliphatic rings. The second-order valence-electron chi connectivity index (χ2n) is 10.0. The molecule has 0 spiro atoms. The van der Waals surface area contributed by atoms with Gasteiger partial charge in [-0.15, -0.1) is 0 Å². The van der Waals surface area contributed by atoms with Crippen LogP contribution >= 0.6 is 11.8 Å². The van der Waals surface area contributed by atoms with E-state index in [1.165, 1.54) is 50.3 Å². The zero-order valence-corrected chi connectivity index (χ0v) is 19.1. The van der Waals surface area contributed by atoms with Crippen LogP contribution in [0.3, 0.4) is 0 Å². The summed E-state index contributed by atoms with van der Waals surface area (Å²) in [6.07, 6.45) is 9.80. The van der Waals surface area contributed by atoms with Gasteiger partial charge < -0.3 is 5.32 Å². The minimum absolute atomic E-state index is 0.0659. The van der Waals surface area contributed by atoms with E-state index in [-0.39, 0.29) is 11.4 Å². The molecule has 0 radical (unpaired) electrons. The third kappa shape index (κ3) is 3.88. The number of benzene rings is 2. The first-order valence-electron chi connectivity index (χ1n) is 11.8. The van der Waals surface area contributed by atoms with Crippen molar-refractivity contribution >= 4 is 17.7 Å². The molecule has 7 rings (SSSR count). The maximum absolute atomic E-state index is 13.1. The molecule has 0 saturated heterocycles. The minimum atomic E-state index is 0.0659. The van der Waals surface area contributed by atoms with Crippen LogP contribution in [0, 0.1) is 17.8 Å². The number of carbonyl (C=O) groups excluding carboxylic acids is 1. The number of rotatable bonds is 6. The molecule has 5 heteroatoms. The van der Waals surface area contributed by atoms with E-state index in [9.17, 15) is 4.79 Å². The first-order valence-corrected chi connectivity index (χ1v) is 12.8. The molecule has 1 heterocycles. The number of nitrogens with zero attached hydrogens (tertiary/aromatic N) is 2. The van der Waals surface area contributed by atoms with Crippen molar-refractivity contribution in [2.75, 3.05) is 5.75 Å². The molecule has 32 heavy (non-hydrogen) atoms. The van der Waals surface area contributed by atoms with Gasteiger partial charge in [-0.05, 0) is 68.4 Å². The van der Waals surface area contributed by atoms with E-state index >= 15 is 0 Å². The number of para-hydroxylation sites is 1. The molecule has 0 unspecified atom stereocenters. The second-order valence-corrected chi connectivity index (χ2v) is 11.0. The van der Waals surface area contributed by atoms with E-state index in [4.69, 9.17) is 4.98 Å². The Morgan fingerprint density at radius 2 is 1.53 bits per heavy atom. The summed E-state index contributed by atoms with van der Waals surface area (Å²) in [6.45, 7) is 0. The number of nitrogens with one attached hydrogen (secondary N) is 1. The lowest BCUT2D eigenvalue weighted by molar-refractivity contribution is -0.124. The number of aromatic nitrogens is 2. The third-order valence-corrected chi connectivity index (χ3v) is 8.51. The largest absolute Gasteiger partial charge is 0.350 e. The lowest BCUT2D eigenvalue weighted by Gasteiger charge is -2.56. The van der Waals surface area contributed by atoms with Gasteiger partial charge >= 0.3 is 0 Å². The zero-order chi connectivity index (χ0) is 21.5. The van der Waals surface area contributed by atoms with Gasteiger partial charge in [0.2, 0.25) is 5.91 Å². The number of imidazole rings is 1. The normalized spacial score (nSPS) is 28.1. The molecule has 4 aliphatic carbocycles. The summed E-state index contributed by atoms with van der Waals surface area (Å²) in [7, 11) is 0. The van der Waals surface area contributed by atoms with Crippen molar-refractivity contribution in [2.24, 2.45) is 17.8 Å². The number of amides is 1. The Bertz CT molecular complexity index is 1070. The molecule has 1 amide bonds. The Balaban J connectivity index is 1.20. The van der Waals surface area contributed by atoms with Gasteiger partial charge in [-0.1, -0.05) is 60.3 Å². The molecule has 1 aromatic heterocycles. The summed E-state index contributed by atoms with van der Waals surface area (Å²) in [5, 5.41) is 4.35. The zero-order valence-electron chi connectivity index (χ0n) is 18.2. The van der Waals surface area contributed by atoms with Crippen LogP contribution in [0.4, 0.5) is 0 Å². The van der Waals surface area contributed by atoms with Gasteiger partial charge in [-0.25, -0.2) is 4.98 Å². The lowest BCUT2D eigenvalue weighted by Crippen LogP contribution is -2.60. The summed E-state index contributed by atoms with van der Waals surface area (Å²) in [5.41, 5.74) is 3.14. The maximum Gasteiger partial charge on any atom is 0.230 e. The summed E-state index contributed by atoms with van der Waals surface area (Å²) >= 11 is 1.53. The standard InChI is InChI=1S/C27H29N3OS/c31-25(29-27-14-19-11-20(15-27)13-21(12-19)16-27)18-32-26-28-24(22-7-3-1-4-8-22)17-30(26)23-9-5-2-6-10-23/h1-10,17,19-21H,11-16,18H2,(H,29,31). The highest BCUT2D eigenvalue weighted by molar-refractivity contribution is 7.99. The number of hydrogen-bond acceptors (Lipinski definition) is 3. The highest BCUT2D eigenvalue weighted by Gasteiger charge is 2.51. The topological polar surface area (TPSA) is 46.9 Å². The molecule has 4 nitrogen and oxygen atoms in total. The van der Waals surface area contributed by atoms with Crippen LogP contribution in [0.2, 0.25) is 0 Å². The Hall–Kier alpha value is -2.53. The van der Waals surface area contributed by atoms with Crippen LogP contribution in [-0.2, 0) is 4.79 Å². The fourth-order valence-corrected chi connectivity index (χ4v) is 7.50. The van der Waals surface area contributed by atoms with Gasteiger partial charge in [-0.2, -0.15) is 0 Å². The van der Waals surface area contributed by atoms with Crippen LogP contribution in [0.1, 0.15) is 38.5 Å². The van der Waals surface area contributed by atoms with Crippen molar-refractivity contribution in [3.63, 3.8) is 0 Å². The van der Waals surface area contributed by atoms with E-state index in [0.29, 0.717) is 5.75 Å². The highest BCUT2D eigenvalue weighted by atomic mass is 32.2. The van der Waals surface area contributed by atoms with Crippen molar-refractivity contribution in [1.29, 1.82) is 0 Å². The smallest absolute Gasteiger partial charge is 0.230 e. The second kappa shape index (κ2) is 8.11. The molecule has 0 atom stereocenters. The van der Waals surface area contributed by atoms with Gasteiger partial charge in [0.15, 0.2) is 5.16 Å². The molecule has 2 aromatic carbocycles. The number of thioether (sulfide) groups is 1. The molecule has 4 saturated carbocycles. The van der Waals surface area contributed by atoms with Gasteiger partial charge in [0.05, 0.1) is 11.4 Å². The van der Waals surface area contributed by atoms with Gasteiger partial charge in [-0.3, -0.25) is 9.36 Å². The third-order valence-electron chi connectivity index (χ3n) is 7.55. The van der Waals surface area contributed by atoms with E-state index in [1.807, 2.05) is 36.4 Å². The summed E-state index contributed by atoms with van der Waals surface area (Å²) in [5.74, 6) is 3.06. The molecule has 164 valence electrons. The monoisotopic (exact) mass is 443 g/mol. The van der Waals surface area contributed by atoms with Gasteiger partial charge in [0, 0.05) is 23.0 Å². The number of hydrogen-bond donors (Lipinski definition) is 1. The molecular weight excluding hydrogens is 414 g/mol. The van der Waals surface area contributed by atoms with E-state index in [1.54, 1.807) is 0 Å². The molecule has 4 bridgehead atoms. The van der Waals surface area contributed by atoms with Crippen LogP contribution in [-0.4, -0.2) is 26.8 Å². The fourth-order valence-electron chi connectivity index (χ4n) is 6.71. The summed E-state index contributed by atoms with van der Waals surface area (Å²) in [4.78, 5) is 18.0. The first-order chi connectivity index (χ1) is 15.7. The van der Waals surface area contributed by atoms with Crippen molar-refractivity contribution in [1.82, 2.24) is 14.9 Å². The average molecular weight is 444 g/mol. The molecule has 0 aliphatic heterocycles. The van der Waals surface area contributed by atoms with E-state index < -0.39 is 0 Å². The lowest BCUT2D eigenvalue weighted by atomic mass is 9.53. The molecular formula is C27H29N3OS. The predicted octanol–water partition coefficient (Wildman–Crippen LogP) is 5.72. The molecule has 4 fully saturated rings. The van der Waals surface area contributed by atoms with E-state index in [0.717, 1.165) is 39.9 Å². The summed E-state index contributed by atoms with van der Waals surface area (Å²) < 4.78 is 2.10. The van der Waals surface area contributed by atoms with E-state index in [2.05, 4.69) is 40.3 Å². The quantitative estimate of drug-likeness (QED) is 0.496. The Morgan fingerprint density at radius 3 is 2.16 bits per heavy atom. The van der Waals surface area contributed by atoms with Crippen molar-refractivity contribution in [3.05, 3.63) is 66.9 Å². The molecule has 1 N–H and O–H groups in total. The van der Waals surface area contributed by atoms with Gasteiger partial charge in [0.25, 0.3) is 0 Å². The Labute approximate surface area is 193 Å². The van der Waals surface area contributed by atoms with Crippen LogP contribution < -0.4 is 5.32 Å². The van der Waals surface area contributed by atoms with Crippen molar-refractivity contribution in [3.8, 4) is 16.9 Å². The maximum atomic E-state index is 13.1. The fraction of sp³-hybridized carbons (Fsp3) is 0.407. The average Bonchev–Trinajstić information content (AvgIpc) is 3.22. The Morgan fingerprint density at radius 1 is 0.938 bits per heavy atom. The Kier molecular flexibility index (Phi) is 5.09. The highest BCUT2D eigenvalue weighted by Crippen LogP contribution is 2.55.